The van der Waals surface area contributed by atoms with Crippen LogP contribution in [-0.2, 0) is 29.1 Å². The van der Waals surface area contributed by atoms with Crippen LogP contribution in [0.3, 0.4) is 0 Å². The lowest BCUT2D eigenvalue weighted by Crippen LogP contribution is -2.63. The lowest BCUT2D eigenvalue weighted by molar-refractivity contribution is -0.148. The molecule has 12 heteroatoms. The number of hydrogen-bond acceptors (Lipinski definition) is 11. The number of anilines is 1. The molecule has 0 radical (unpaired) electrons. The van der Waals surface area contributed by atoms with Crippen molar-refractivity contribution in [3.05, 3.63) is 80.8 Å². The third kappa shape index (κ3) is 4.61. The Morgan fingerprint density at radius 2 is 1.77 bits per heavy atom. The second-order valence-corrected chi connectivity index (χ2v) is 12.0. The number of phenolic OH excluding ortho intramolecular Hbond substituents is 1. The maximum atomic E-state index is 14.2. The predicted octanol–water partition coefficient (Wildman–Crippen LogP) is 1.35. The molecule has 1 unspecified atom stereocenters. The summed E-state index contributed by atoms with van der Waals surface area (Å²) in [6, 6.07) is 9.85. The van der Waals surface area contributed by atoms with Crippen molar-refractivity contribution in [2.45, 2.75) is 37.6 Å². The number of fused-ring (bicyclic) bond motifs is 3. The number of rotatable bonds is 7. The van der Waals surface area contributed by atoms with E-state index >= 15 is 0 Å². The van der Waals surface area contributed by atoms with Crippen LogP contribution in [-0.4, -0.2) is 82.6 Å². The highest BCUT2D eigenvalue weighted by Crippen LogP contribution is 2.53. The molecule has 0 bridgehead atoms. The largest absolute Gasteiger partial charge is 0.510 e. The van der Waals surface area contributed by atoms with Crippen LogP contribution >= 0.6 is 0 Å². The average molecular weight is 602 g/mol. The zero-order valence-corrected chi connectivity index (χ0v) is 24.9. The summed E-state index contributed by atoms with van der Waals surface area (Å²) >= 11 is 0. The van der Waals surface area contributed by atoms with E-state index in [1.807, 2.05) is 31.1 Å². The van der Waals surface area contributed by atoms with Gasteiger partial charge in [0.05, 0.1) is 23.2 Å². The van der Waals surface area contributed by atoms with E-state index in [4.69, 9.17) is 11.0 Å². The summed E-state index contributed by atoms with van der Waals surface area (Å²) in [5.74, 6) is -6.80. The number of primary amides is 1. The van der Waals surface area contributed by atoms with Crippen LogP contribution in [0.15, 0.2) is 53.0 Å². The van der Waals surface area contributed by atoms with Crippen LogP contribution in [0.1, 0.15) is 39.0 Å². The second kappa shape index (κ2) is 11.1. The van der Waals surface area contributed by atoms with Crippen LogP contribution in [0.25, 0.3) is 0 Å². The smallest absolute Gasteiger partial charge is 0.255 e. The summed E-state index contributed by atoms with van der Waals surface area (Å²) in [6.07, 6.45) is 0.224. The highest BCUT2D eigenvalue weighted by atomic mass is 16.3. The van der Waals surface area contributed by atoms with Gasteiger partial charge in [-0.05, 0) is 62.2 Å². The van der Waals surface area contributed by atoms with E-state index in [-0.39, 0.29) is 36.3 Å². The highest BCUT2D eigenvalue weighted by molar-refractivity contribution is 6.25. The number of Topliss-reactive ketones (excluding diaryl/α,β-unsaturated/α-hetero) is 2. The number of likely N-dealkylation sites (N-methyl/N-ethyl adjacent to an activating group) is 1. The maximum Gasteiger partial charge on any atom is 0.255 e. The van der Waals surface area contributed by atoms with Crippen molar-refractivity contribution in [2.75, 3.05) is 33.1 Å². The van der Waals surface area contributed by atoms with E-state index in [0.717, 1.165) is 5.56 Å². The highest BCUT2D eigenvalue weighted by Gasteiger charge is 2.63. The zero-order chi connectivity index (χ0) is 32.2. The van der Waals surface area contributed by atoms with Crippen molar-refractivity contribution in [1.82, 2.24) is 10.2 Å². The number of aliphatic hydroxyl groups is 3. The summed E-state index contributed by atoms with van der Waals surface area (Å²) in [5, 5.41) is 57.9. The van der Waals surface area contributed by atoms with Crippen LogP contribution in [0, 0.1) is 23.2 Å². The molecule has 0 heterocycles. The summed E-state index contributed by atoms with van der Waals surface area (Å²) in [7, 11) is 6.80. The Morgan fingerprint density at radius 3 is 2.34 bits per heavy atom. The molecule has 1 amide bonds. The zero-order valence-electron chi connectivity index (χ0n) is 24.9. The number of amides is 1. The van der Waals surface area contributed by atoms with Gasteiger partial charge < -0.3 is 36.4 Å². The standard InChI is InChI=1S/C32H35N5O7/c1-36(2)21-11-18(14-35-13-16-7-5-15(12-33)6-8-16)26(38)23-19(21)9-17-10-20-25(37(3)4)28(40)24(31(34)43)30(42)32(20,44)29(41)22(17)27(23)39/h5-8,11,17,20,25,35,38,40-41,44H,9-10,13-14H2,1-4H3,(H2,34,43)/t17-,20+,25?,32-/m0/s1. The molecule has 44 heavy (non-hydrogen) atoms. The Morgan fingerprint density at radius 1 is 1.11 bits per heavy atom. The number of aromatic hydroxyl groups is 1. The number of allylic oxidation sites excluding steroid dienone is 1. The third-order valence-corrected chi connectivity index (χ3v) is 8.99. The number of nitriles is 1. The lowest BCUT2D eigenvalue weighted by atomic mass is 9.58. The molecule has 0 saturated carbocycles. The van der Waals surface area contributed by atoms with Crippen molar-refractivity contribution in [3.63, 3.8) is 0 Å². The van der Waals surface area contributed by atoms with Gasteiger partial charge in [0, 0.05) is 49.9 Å². The number of nitrogens with zero attached hydrogens (tertiary/aromatic N) is 3. The molecule has 0 saturated heterocycles. The second-order valence-electron chi connectivity index (χ2n) is 12.0. The minimum atomic E-state index is -2.69. The predicted molar refractivity (Wildman–Crippen MR) is 160 cm³/mol. The summed E-state index contributed by atoms with van der Waals surface area (Å²) in [5.41, 5.74) is 4.75. The third-order valence-electron chi connectivity index (χ3n) is 8.99. The van der Waals surface area contributed by atoms with Crippen molar-refractivity contribution in [1.29, 1.82) is 5.26 Å². The van der Waals surface area contributed by atoms with Gasteiger partial charge in [0.15, 0.2) is 11.4 Å². The Hall–Kier alpha value is -4.70. The van der Waals surface area contributed by atoms with E-state index in [0.29, 0.717) is 28.9 Å². The molecule has 230 valence electrons. The van der Waals surface area contributed by atoms with E-state index in [9.17, 15) is 34.8 Å². The normalized spacial score (nSPS) is 24.5. The molecule has 7 N–H and O–H groups in total. The molecule has 3 aliphatic carbocycles. The fourth-order valence-electron chi connectivity index (χ4n) is 6.93. The van der Waals surface area contributed by atoms with Gasteiger partial charge in [-0.15, -0.1) is 0 Å². The van der Waals surface area contributed by atoms with Crippen molar-refractivity contribution in [3.8, 4) is 11.8 Å². The topological polar surface area (TPSA) is 200 Å². The quantitative estimate of drug-likeness (QED) is 0.250. The Balaban J connectivity index is 1.57. The minimum absolute atomic E-state index is 0.0211. The van der Waals surface area contributed by atoms with Gasteiger partial charge in [-0.25, -0.2) is 0 Å². The summed E-state index contributed by atoms with van der Waals surface area (Å²) < 4.78 is 0. The van der Waals surface area contributed by atoms with E-state index in [1.165, 1.54) is 4.90 Å². The number of ketones is 2. The lowest BCUT2D eigenvalue weighted by Gasteiger charge is -2.50. The molecule has 2 aromatic carbocycles. The summed E-state index contributed by atoms with van der Waals surface area (Å²) in [4.78, 5) is 43.2. The molecule has 3 aliphatic rings. The van der Waals surface area contributed by atoms with Crippen molar-refractivity contribution >= 4 is 23.2 Å². The van der Waals surface area contributed by atoms with Gasteiger partial charge >= 0.3 is 0 Å². The molecule has 4 atom stereocenters. The monoisotopic (exact) mass is 601 g/mol. The minimum Gasteiger partial charge on any atom is -0.510 e. The fourth-order valence-corrected chi connectivity index (χ4v) is 6.93. The number of phenols is 1. The molecular formula is C32H35N5O7. The molecule has 0 aromatic heterocycles. The van der Waals surface area contributed by atoms with Crippen LogP contribution in [0.5, 0.6) is 5.75 Å². The first kappa shape index (κ1) is 30.7. The fraction of sp³-hybridized carbons (Fsp3) is 0.375. The number of nitrogens with one attached hydrogen (secondary N) is 1. The Kier molecular flexibility index (Phi) is 7.75. The van der Waals surface area contributed by atoms with Gasteiger partial charge in [-0.2, -0.15) is 5.26 Å². The number of hydrogen-bond donors (Lipinski definition) is 6. The van der Waals surface area contributed by atoms with Crippen LogP contribution < -0.4 is 16.0 Å². The number of benzene rings is 2. The van der Waals surface area contributed by atoms with E-state index in [2.05, 4.69) is 11.4 Å². The average Bonchev–Trinajstić information content (AvgIpc) is 2.96. The van der Waals surface area contributed by atoms with Crippen molar-refractivity contribution in [2.24, 2.45) is 17.6 Å². The van der Waals surface area contributed by atoms with Crippen LogP contribution in [0.2, 0.25) is 0 Å². The van der Waals surface area contributed by atoms with Gasteiger partial charge in [-0.3, -0.25) is 19.3 Å². The Labute approximate surface area is 254 Å². The first-order valence-electron chi connectivity index (χ1n) is 14.1. The maximum absolute atomic E-state index is 14.2. The first-order valence-corrected chi connectivity index (χ1v) is 14.1. The molecule has 12 nitrogen and oxygen atoms in total. The van der Waals surface area contributed by atoms with Crippen molar-refractivity contribution < 1.29 is 34.8 Å². The van der Waals surface area contributed by atoms with E-state index < -0.39 is 58.0 Å². The van der Waals surface area contributed by atoms with Gasteiger partial charge in [-0.1, -0.05) is 12.1 Å². The summed E-state index contributed by atoms with van der Waals surface area (Å²) in [6.45, 7) is 0.608. The van der Waals surface area contributed by atoms with Gasteiger partial charge in [0.2, 0.25) is 5.78 Å². The van der Waals surface area contributed by atoms with Gasteiger partial charge in [0.1, 0.15) is 22.8 Å². The molecule has 0 fully saturated rings. The number of nitrogens with two attached hydrogens (primary N) is 1. The Bertz CT molecular complexity index is 1690. The molecule has 0 aliphatic heterocycles. The number of aliphatic hydroxyl groups excluding tert-OH is 2. The number of carbonyl (C=O) groups excluding carboxylic acids is 3. The number of carbonyl (C=O) groups is 3. The van der Waals surface area contributed by atoms with Gasteiger partial charge in [0.25, 0.3) is 5.91 Å². The molecule has 2 aromatic rings. The molecule has 0 spiro atoms. The SMILES string of the molecule is CN(C)c1cc(CNCc2ccc(C#N)cc2)c(O)c2c1C[C@H]1C[C@@H]3C(N(C)C)C(O)=C(C(N)=O)C(=O)[C@@]3(O)C(O)=C1C2=O. The molecular weight excluding hydrogens is 566 g/mol. The van der Waals surface area contributed by atoms with Crippen LogP contribution in [0.4, 0.5) is 5.69 Å². The van der Waals surface area contributed by atoms with E-state index in [1.54, 1.807) is 32.3 Å². The first-order chi connectivity index (χ1) is 20.7. The molecule has 5 rings (SSSR count).